The molecule has 0 N–H and O–H groups in total. The third-order valence-electron chi connectivity index (χ3n) is 8.52. The van der Waals surface area contributed by atoms with Crippen LogP contribution in [0.1, 0.15) is 0 Å². The van der Waals surface area contributed by atoms with E-state index in [1.807, 2.05) is 24.3 Å². The van der Waals surface area contributed by atoms with Gasteiger partial charge in [0.15, 0.2) is 0 Å². The van der Waals surface area contributed by atoms with Crippen LogP contribution in [0.2, 0.25) is 0 Å². The van der Waals surface area contributed by atoms with E-state index >= 15 is 0 Å². The number of nitrogens with zero attached hydrogens (tertiary/aromatic N) is 3. The van der Waals surface area contributed by atoms with Gasteiger partial charge in [-0.1, -0.05) is 6.07 Å². The van der Waals surface area contributed by atoms with Gasteiger partial charge in [-0.3, -0.25) is 0 Å². The minimum atomic E-state index is 0.209. The summed E-state index contributed by atoms with van der Waals surface area (Å²) in [5, 5.41) is 7.90. The molecule has 3 nitrogen and oxygen atoms in total. The second-order valence-electron chi connectivity index (χ2n) is 11.2. The third kappa shape index (κ3) is 4.46. The SMILES string of the molecule is c1ccc(-c2nc(-c3ccc4[se]c5c(ccc6ccc7ccccc7c65)c4c3)nc(-c3ccccc3-c3ccccc3)n2)cc1. The predicted octanol–water partition coefficient (Wildman–Crippen LogP) is 10.2. The van der Waals surface area contributed by atoms with Gasteiger partial charge in [0.2, 0.25) is 0 Å². The van der Waals surface area contributed by atoms with Crippen LogP contribution >= 0.6 is 0 Å². The summed E-state index contributed by atoms with van der Waals surface area (Å²) >= 11 is 0.209. The van der Waals surface area contributed by atoms with Gasteiger partial charge in [0.1, 0.15) is 0 Å². The van der Waals surface area contributed by atoms with Gasteiger partial charge in [-0.25, -0.2) is 0 Å². The Labute approximate surface area is 266 Å². The van der Waals surface area contributed by atoms with Crippen molar-refractivity contribution in [1.29, 1.82) is 0 Å². The molecule has 9 aromatic rings. The van der Waals surface area contributed by atoms with Crippen molar-refractivity contribution in [3.63, 3.8) is 0 Å². The predicted molar refractivity (Wildman–Crippen MR) is 189 cm³/mol. The van der Waals surface area contributed by atoms with Gasteiger partial charge >= 0.3 is 261 Å². The molecule has 0 atom stereocenters. The zero-order valence-electron chi connectivity index (χ0n) is 24.2. The van der Waals surface area contributed by atoms with E-state index in [1.54, 1.807) is 0 Å². The molecule has 0 aliphatic rings. The number of rotatable bonds is 4. The standard InChI is InChI=1S/C41H25N3Se/c1-3-11-26(12-4-1)31-16-9-10-18-34(31)41-43-39(29-14-5-2-6-15-29)42-40(44-41)30-22-24-36-35(25-30)33-23-21-28-20-19-27-13-7-8-17-32(27)37(28)38(33)45-36/h1-25H. The van der Waals surface area contributed by atoms with Crippen LogP contribution in [0.25, 0.3) is 86.1 Å². The molecular weight excluding hydrogens is 613 g/mol. The maximum atomic E-state index is 5.14. The molecule has 45 heavy (non-hydrogen) atoms. The topological polar surface area (TPSA) is 38.7 Å². The van der Waals surface area contributed by atoms with Crippen LogP contribution in [0.3, 0.4) is 0 Å². The summed E-state index contributed by atoms with van der Waals surface area (Å²) in [6.07, 6.45) is 0. The maximum absolute atomic E-state index is 5.14. The first-order valence-corrected chi connectivity index (χ1v) is 16.7. The van der Waals surface area contributed by atoms with Crippen molar-refractivity contribution < 1.29 is 0 Å². The first-order chi connectivity index (χ1) is 22.3. The number of fused-ring (bicyclic) bond motifs is 7. The van der Waals surface area contributed by atoms with E-state index in [2.05, 4.69) is 127 Å². The van der Waals surface area contributed by atoms with E-state index in [9.17, 15) is 0 Å². The fourth-order valence-electron chi connectivity index (χ4n) is 6.35. The number of hydrogen-bond acceptors (Lipinski definition) is 3. The Kier molecular flexibility index (Phi) is 6.15. The Morgan fingerprint density at radius 1 is 0.378 bits per heavy atom. The molecule has 4 heteroatoms. The van der Waals surface area contributed by atoms with E-state index < -0.39 is 0 Å². The molecule has 0 aliphatic carbocycles. The van der Waals surface area contributed by atoms with Gasteiger partial charge in [-0.15, -0.1) is 0 Å². The molecule has 210 valence electrons. The van der Waals surface area contributed by atoms with E-state index in [1.165, 1.54) is 40.8 Å². The van der Waals surface area contributed by atoms with Crippen LogP contribution in [-0.2, 0) is 0 Å². The van der Waals surface area contributed by atoms with Crippen molar-refractivity contribution in [3.8, 4) is 45.3 Å². The average Bonchev–Trinajstić information content (AvgIpc) is 3.50. The Hall–Kier alpha value is -5.41. The summed E-state index contributed by atoms with van der Waals surface area (Å²) in [4.78, 5) is 15.2. The summed E-state index contributed by atoms with van der Waals surface area (Å²) in [6, 6.07) is 53.5. The normalized spacial score (nSPS) is 11.6. The molecular formula is C41H25N3Se. The molecule has 0 bridgehead atoms. The molecule has 0 saturated heterocycles. The van der Waals surface area contributed by atoms with Crippen LogP contribution < -0.4 is 0 Å². The van der Waals surface area contributed by atoms with Crippen LogP contribution in [0.15, 0.2) is 152 Å². The van der Waals surface area contributed by atoms with Crippen molar-refractivity contribution in [2.75, 3.05) is 0 Å². The molecule has 2 heterocycles. The number of hydrogen-bond donors (Lipinski definition) is 0. The Morgan fingerprint density at radius 2 is 1.00 bits per heavy atom. The quantitative estimate of drug-likeness (QED) is 0.142. The monoisotopic (exact) mass is 639 g/mol. The van der Waals surface area contributed by atoms with E-state index in [0.717, 1.165) is 27.8 Å². The van der Waals surface area contributed by atoms with Crippen LogP contribution in [0, 0.1) is 0 Å². The Bertz CT molecular complexity index is 2540. The fourth-order valence-corrected chi connectivity index (χ4v) is 8.98. The third-order valence-corrected chi connectivity index (χ3v) is 11.0. The zero-order chi connectivity index (χ0) is 29.7. The van der Waals surface area contributed by atoms with Crippen LogP contribution in [0.4, 0.5) is 0 Å². The van der Waals surface area contributed by atoms with E-state index in [4.69, 9.17) is 15.0 Å². The average molecular weight is 639 g/mol. The zero-order valence-corrected chi connectivity index (χ0v) is 25.9. The second-order valence-corrected chi connectivity index (χ2v) is 13.4. The van der Waals surface area contributed by atoms with Gasteiger partial charge in [-0.2, -0.15) is 0 Å². The van der Waals surface area contributed by atoms with Crippen molar-refractivity contribution >= 4 is 55.3 Å². The molecule has 0 amide bonds. The molecule has 0 unspecified atom stereocenters. The Morgan fingerprint density at radius 3 is 1.82 bits per heavy atom. The fraction of sp³-hybridized carbons (Fsp3) is 0. The first kappa shape index (κ1) is 26.0. The first-order valence-electron chi connectivity index (χ1n) is 15.0. The Balaban J connectivity index is 1.27. The summed E-state index contributed by atoms with van der Waals surface area (Å²) < 4.78 is 2.86. The molecule has 7 aromatic carbocycles. The molecule has 0 aliphatic heterocycles. The van der Waals surface area contributed by atoms with Gasteiger partial charge in [0, 0.05) is 0 Å². The van der Waals surface area contributed by atoms with E-state index in [0.29, 0.717) is 17.5 Å². The molecule has 0 saturated carbocycles. The van der Waals surface area contributed by atoms with Gasteiger partial charge in [-0.05, 0) is 0 Å². The summed E-state index contributed by atoms with van der Waals surface area (Å²) in [5.41, 5.74) is 5.17. The minimum absolute atomic E-state index is 0.209. The molecule has 0 radical (unpaired) electrons. The number of aromatic nitrogens is 3. The van der Waals surface area contributed by atoms with Crippen LogP contribution in [-0.4, -0.2) is 29.5 Å². The van der Waals surface area contributed by atoms with E-state index in [-0.39, 0.29) is 14.5 Å². The molecule has 0 spiro atoms. The second kappa shape index (κ2) is 10.6. The number of benzene rings is 7. The van der Waals surface area contributed by atoms with Gasteiger partial charge in [0.25, 0.3) is 0 Å². The van der Waals surface area contributed by atoms with Crippen molar-refractivity contribution in [3.05, 3.63) is 152 Å². The molecule has 0 fully saturated rings. The van der Waals surface area contributed by atoms with Crippen molar-refractivity contribution in [1.82, 2.24) is 15.0 Å². The van der Waals surface area contributed by atoms with Gasteiger partial charge in [0.05, 0.1) is 0 Å². The summed E-state index contributed by atoms with van der Waals surface area (Å²) in [6.45, 7) is 0. The van der Waals surface area contributed by atoms with Crippen LogP contribution in [0.5, 0.6) is 0 Å². The van der Waals surface area contributed by atoms with Gasteiger partial charge < -0.3 is 0 Å². The van der Waals surface area contributed by atoms with Crippen molar-refractivity contribution in [2.45, 2.75) is 0 Å². The van der Waals surface area contributed by atoms with Crippen molar-refractivity contribution in [2.24, 2.45) is 0 Å². The molecule has 2 aromatic heterocycles. The summed E-state index contributed by atoms with van der Waals surface area (Å²) in [7, 11) is 0. The summed E-state index contributed by atoms with van der Waals surface area (Å²) in [5.74, 6) is 2.01. The molecule has 9 rings (SSSR count).